The SMILES string of the molecule is CCn1nc(C)c(Br)c1COc1ccc(CCl)cc1Cl. The molecule has 0 aliphatic rings. The van der Waals surface area contributed by atoms with Crippen LogP contribution in [-0.2, 0) is 19.0 Å². The van der Waals surface area contributed by atoms with Crippen molar-refractivity contribution in [3.05, 3.63) is 44.6 Å². The molecule has 108 valence electrons. The number of hydrogen-bond acceptors (Lipinski definition) is 2. The number of benzene rings is 1. The predicted molar refractivity (Wildman–Crippen MR) is 85.7 cm³/mol. The third-order valence-electron chi connectivity index (χ3n) is 2.97. The van der Waals surface area contributed by atoms with E-state index in [-0.39, 0.29) is 0 Å². The fraction of sp³-hybridized carbons (Fsp3) is 0.357. The van der Waals surface area contributed by atoms with Crippen LogP contribution in [0.1, 0.15) is 23.9 Å². The van der Waals surface area contributed by atoms with Crippen molar-refractivity contribution in [3.8, 4) is 5.75 Å². The van der Waals surface area contributed by atoms with E-state index >= 15 is 0 Å². The first kappa shape index (κ1) is 15.7. The molecule has 6 heteroatoms. The first-order chi connectivity index (χ1) is 9.56. The van der Waals surface area contributed by atoms with Gasteiger partial charge in [0.1, 0.15) is 12.4 Å². The molecule has 0 fully saturated rings. The van der Waals surface area contributed by atoms with Crippen LogP contribution in [0.15, 0.2) is 22.7 Å². The van der Waals surface area contributed by atoms with Crippen molar-refractivity contribution in [1.82, 2.24) is 9.78 Å². The molecule has 1 aromatic carbocycles. The molecule has 2 rings (SSSR count). The molecule has 0 amide bonds. The highest BCUT2D eigenvalue weighted by molar-refractivity contribution is 9.10. The number of ether oxygens (including phenoxy) is 1. The fourth-order valence-electron chi connectivity index (χ4n) is 1.90. The zero-order valence-corrected chi connectivity index (χ0v) is 14.4. The summed E-state index contributed by atoms with van der Waals surface area (Å²) in [7, 11) is 0. The zero-order valence-electron chi connectivity index (χ0n) is 11.3. The van der Waals surface area contributed by atoms with Crippen LogP contribution in [0, 0.1) is 6.92 Å². The molecule has 1 aromatic heterocycles. The lowest BCUT2D eigenvalue weighted by Crippen LogP contribution is -2.06. The highest BCUT2D eigenvalue weighted by atomic mass is 79.9. The van der Waals surface area contributed by atoms with Crippen LogP contribution >= 0.6 is 39.1 Å². The predicted octanol–water partition coefficient (Wildman–Crippen LogP) is 4.95. The second kappa shape index (κ2) is 6.83. The second-order valence-electron chi connectivity index (χ2n) is 4.35. The van der Waals surface area contributed by atoms with Gasteiger partial charge in [0.05, 0.1) is 20.9 Å². The molecule has 20 heavy (non-hydrogen) atoms. The molecule has 3 nitrogen and oxygen atoms in total. The lowest BCUT2D eigenvalue weighted by atomic mass is 10.2. The summed E-state index contributed by atoms with van der Waals surface area (Å²) in [5, 5.41) is 5.00. The molecule has 0 N–H and O–H groups in total. The summed E-state index contributed by atoms with van der Waals surface area (Å²) in [6.07, 6.45) is 0. The van der Waals surface area contributed by atoms with E-state index in [4.69, 9.17) is 27.9 Å². The van der Waals surface area contributed by atoms with Crippen LogP contribution in [0.25, 0.3) is 0 Å². The minimum absolute atomic E-state index is 0.412. The number of alkyl halides is 1. The summed E-state index contributed by atoms with van der Waals surface area (Å²) in [4.78, 5) is 0. The quantitative estimate of drug-likeness (QED) is 0.689. The van der Waals surface area contributed by atoms with Crippen molar-refractivity contribution in [2.24, 2.45) is 0 Å². The molecule has 0 spiro atoms. The van der Waals surface area contributed by atoms with Gasteiger partial charge in [0.25, 0.3) is 0 Å². The van der Waals surface area contributed by atoms with Gasteiger partial charge >= 0.3 is 0 Å². The highest BCUT2D eigenvalue weighted by Gasteiger charge is 2.13. The van der Waals surface area contributed by atoms with E-state index in [1.807, 2.05) is 36.7 Å². The average Bonchev–Trinajstić information content (AvgIpc) is 2.73. The summed E-state index contributed by atoms with van der Waals surface area (Å²) in [6.45, 7) is 5.21. The first-order valence-corrected chi connectivity index (χ1v) is 7.96. The van der Waals surface area contributed by atoms with E-state index in [1.165, 1.54) is 0 Å². The molecule has 0 bridgehead atoms. The summed E-state index contributed by atoms with van der Waals surface area (Å²) in [5.74, 6) is 1.09. The lowest BCUT2D eigenvalue weighted by Gasteiger charge is -2.10. The molecule has 0 atom stereocenters. The van der Waals surface area contributed by atoms with Gasteiger partial charge in [-0.25, -0.2) is 0 Å². The topological polar surface area (TPSA) is 27.1 Å². The normalized spacial score (nSPS) is 10.8. The van der Waals surface area contributed by atoms with Crippen molar-refractivity contribution in [2.75, 3.05) is 0 Å². The molecule has 0 radical (unpaired) electrons. The molecule has 0 saturated carbocycles. The smallest absolute Gasteiger partial charge is 0.138 e. The number of rotatable bonds is 5. The molecule has 0 aliphatic carbocycles. The van der Waals surface area contributed by atoms with Crippen LogP contribution < -0.4 is 4.74 Å². The van der Waals surface area contributed by atoms with Crippen LogP contribution in [0.2, 0.25) is 5.02 Å². The number of aryl methyl sites for hydroxylation is 2. The van der Waals surface area contributed by atoms with Gasteiger partial charge in [-0.3, -0.25) is 4.68 Å². The van der Waals surface area contributed by atoms with E-state index in [0.29, 0.717) is 23.3 Å². The van der Waals surface area contributed by atoms with Crippen LogP contribution in [-0.4, -0.2) is 9.78 Å². The molecule has 1 heterocycles. The van der Waals surface area contributed by atoms with Gasteiger partial charge in [0.15, 0.2) is 0 Å². The molecule has 0 unspecified atom stereocenters. The van der Waals surface area contributed by atoms with Gasteiger partial charge in [0, 0.05) is 12.4 Å². The third kappa shape index (κ3) is 3.30. The zero-order chi connectivity index (χ0) is 14.7. The minimum atomic E-state index is 0.412. The highest BCUT2D eigenvalue weighted by Crippen LogP contribution is 2.28. The maximum Gasteiger partial charge on any atom is 0.138 e. The summed E-state index contributed by atoms with van der Waals surface area (Å²) in [5.41, 5.74) is 2.93. The van der Waals surface area contributed by atoms with Gasteiger partial charge < -0.3 is 4.74 Å². The second-order valence-corrected chi connectivity index (χ2v) is 5.82. The van der Waals surface area contributed by atoms with Crippen LogP contribution in [0.5, 0.6) is 5.75 Å². The van der Waals surface area contributed by atoms with Gasteiger partial charge in [0.2, 0.25) is 0 Å². The number of nitrogens with zero attached hydrogens (tertiary/aromatic N) is 2. The molecule has 2 aromatic rings. The molecule has 0 aliphatic heterocycles. The van der Waals surface area contributed by atoms with E-state index < -0.39 is 0 Å². The summed E-state index contributed by atoms with van der Waals surface area (Å²) in [6, 6.07) is 5.57. The largest absolute Gasteiger partial charge is 0.486 e. The van der Waals surface area contributed by atoms with E-state index in [1.54, 1.807) is 0 Å². The van der Waals surface area contributed by atoms with Crippen molar-refractivity contribution in [2.45, 2.75) is 32.9 Å². The van der Waals surface area contributed by atoms with Crippen LogP contribution in [0.3, 0.4) is 0 Å². The van der Waals surface area contributed by atoms with E-state index in [0.717, 1.165) is 28.0 Å². The third-order valence-corrected chi connectivity index (χ3v) is 4.60. The lowest BCUT2D eigenvalue weighted by molar-refractivity contribution is 0.292. The van der Waals surface area contributed by atoms with Gasteiger partial charge in [-0.15, -0.1) is 11.6 Å². The molecule has 0 saturated heterocycles. The Morgan fingerprint density at radius 1 is 1.40 bits per heavy atom. The maximum atomic E-state index is 6.18. The Morgan fingerprint density at radius 2 is 2.15 bits per heavy atom. The van der Waals surface area contributed by atoms with Crippen molar-refractivity contribution in [3.63, 3.8) is 0 Å². The number of aromatic nitrogens is 2. The van der Waals surface area contributed by atoms with E-state index in [2.05, 4.69) is 21.0 Å². The Balaban J connectivity index is 2.17. The number of hydrogen-bond donors (Lipinski definition) is 0. The maximum absolute atomic E-state index is 6.18. The van der Waals surface area contributed by atoms with Crippen LogP contribution in [0.4, 0.5) is 0 Å². The van der Waals surface area contributed by atoms with Crippen molar-refractivity contribution in [1.29, 1.82) is 0 Å². The Kier molecular flexibility index (Phi) is 5.35. The van der Waals surface area contributed by atoms with Gasteiger partial charge in [-0.05, 0) is 47.5 Å². The monoisotopic (exact) mass is 376 g/mol. The average molecular weight is 378 g/mol. The Bertz CT molecular complexity index is 613. The Labute approximate surface area is 137 Å². The summed E-state index contributed by atoms with van der Waals surface area (Å²) < 4.78 is 8.69. The van der Waals surface area contributed by atoms with Crippen molar-refractivity contribution >= 4 is 39.1 Å². The standard InChI is InChI=1S/C14H15BrCl2N2O/c1-3-19-12(14(15)9(2)18-19)8-20-13-5-4-10(7-16)6-11(13)17/h4-6H,3,7-8H2,1-2H3. The first-order valence-electron chi connectivity index (χ1n) is 6.25. The Hall–Kier alpha value is -0.710. The number of halogens is 3. The summed E-state index contributed by atoms with van der Waals surface area (Å²) >= 11 is 15.5. The van der Waals surface area contributed by atoms with Gasteiger partial charge in [-0.2, -0.15) is 5.10 Å². The van der Waals surface area contributed by atoms with Crippen molar-refractivity contribution < 1.29 is 4.74 Å². The fourth-order valence-corrected chi connectivity index (χ4v) is 2.72. The van der Waals surface area contributed by atoms with Gasteiger partial charge in [-0.1, -0.05) is 17.7 Å². The molecular formula is C14H15BrCl2N2O. The molecular weight excluding hydrogens is 363 g/mol. The minimum Gasteiger partial charge on any atom is -0.486 e. The Morgan fingerprint density at radius 3 is 2.75 bits per heavy atom. The van der Waals surface area contributed by atoms with E-state index in [9.17, 15) is 0 Å².